The molecule has 0 atom stereocenters. The van der Waals surface area contributed by atoms with Crippen molar-refractivity contribution in [2.75, 3.05) is 30.3 Å². The average molecular weight is 252 g/mol. The first-order chi connectivity index (χ1) is 8.06. The normalized spacial score (nSPS) is 17.1. The van der Waals surface area contributed by atoms with E-state index < -0.39 is 10.8 Å². The van der Waals surface area contributed by atoms with Crippen LogP contribution in [0.1, 0.15) is 15.9 Å². The van der Waals surface area contributed by atoms with E-state index in [2.05, 4.69) is 0 Å². The lowest BCUT2D eigenvalue weighted by atomic mass is 10.1. The maximum absolute atomic E-state index is 12.2. The third-order valence-electron chi connectivity index (χ3n) is 2.81. The molecule has 1 aliphatic rings. The fourth-order valence-corrected chi connectivity index (χ4v) is 3.01. The van der Waals surface area contributed by atoms with E-state index in [4.69, 9.17) is 5.73 Å². The summed E-state index contributed by atoms with van der Waals surface area (Å²) in [4.78, 5) is 13.9. The van der Waals surface area contributed by atoms with Crippen LogP contribution >= 0.6 is 0 Å². The summed E-state index contributed by atoms with van der Waals surface area (Å²) in [5, 5.41) is 0. The molecule has 17 heavy (non-hydrogen) atoms. The Balaban J connectivity index is 2.16. The highest BCUT2D eigenvalue weighted by Gasteiger charge is 2.21. The summed E-state index contributed by atoms with van der Waals surface area (Å²) in [6.45, 7) is 3.05. The number of amides is 1. The number of hydrogen-bond acceptors (Lipinski definition) is 3. The quantitative estimate of drug-likeness (QED) is 0.751. The van der Waals surface area contributed by atoms with Gasteiger partial charge in [0.1, 0.15) is 0 Å². The maximum atomic E-state index is 12.2. The van der Waals surface area contributed by atoms with Crippen LogP contribution in [-0.4, -0.2) is 39.6 Å². The molecule has 0 unspecified atom stereocenters. The number of anilines is 1. The Morgan fingerprint density at radius 1 is 1.29 bits per heavy atom. The van der Waals surface area contributed by atoms with Crippen LogP contribution in [0.3, 0.4) is 0 Å². The van der Waals surface area contributed by atoms with Gasteiger partial charge in [-0.25, -0.2) is 0 Å². The van der Waals surface area contributed by atoms with Crippen molar-refractivity contribution >= 4 is 22.4 Å². The number of benzene rings is 1. The zero-order chi connectivity index (χ0) is 12.4. The third-order valence-corrected chi connectivity index (χ3v) is 4.09. The van der Waals surface area contributed by atoms with Gasteiger partial charge >= 0.3 is 0 Å². The predicted molar refractivity (Wildman–Crippen MR) is 69.4 cm³/mol. The van der Waals surface area contributed by atoms with Gasteiger partial charge < -0.3 is 10.6 Å². The molecule has 1 fully saturated rings. The van der Waals surface area contributed by atoms with E-state index in [1.807, 2.05) is 19.1 Å². The predicted octanol–water partition coefficient (Wildman–Crippen LogP) is 0.782. The molecule has 0 aliphatic carbocycles. The number of hydrogen-bond donors (Lipinski definition) is 1. The minimum Gasteiger partial charge on any atom is -0.399 e. The van der Waals surface area contributed by atoms with Crippen LogP contribution in [0.4, 0.5) is 5.69 Å². The lowest BCUT2D eigenvalue weighted by Crippen LogP contribution is -2.41. The van der Waals surface area contributed by atoms with Crippen LogP contribution < -0.4 is 5.73 Å². The van der Waals surface area contributed by atoms with E-state index in [1.165, 1.54) is 0 Å². The van der Waals surface area contributed by atoms with Gasteiger partial charge in [-0.3, -0.25) is 9.00 Å². The maximum Gasteiger partial charge on any atom is 0.253 e. The highest BCUT2D eigenvalue weighted by atomic mass is 32.2. The van der Waals surface area contributed by atoms with Crippen LogP contribution in [0.2, 0.25) is 0 Å². The standard InChI is InChI=1S/C12H16N2O2S/c1-9-6-10(8-11(13)7-9)12(15)14-2-4-17(16)5-3-14/h6-8H,2-5,13H2,1H3. The minimum absolute atomic E-state index is 0.0166. The number of aryl methyl sites for hydroxylation is 1. The Morgan fingerprint density at radius 2 is 1.94 bits per heavy atom. The summed E-state index contributed by atoms with van der Waals surface area (Å²) < 4.78 is 11.2. The van der Waals surface area contributed by atoms with Crippen molar-refractivity contribution in [1.29, 1.82) is 0 Å². The minimum atomic E-state index is -0.761. The Hall–Kier alpha value is -1.36. The molecule has 1 amide bonds. The van der Waals surface area contributed by atoms with Gasteiger partial charge in [0.25, 0.3) is 5.91 Å². The molecule has 2 rings (SSSR count). The molecular weight excluding hydrogens is 236 g/mol. The van der Waals surface area contributed by atoms with Crippen LogP contribution in [0.25, 0.3) is 0 Å². The molecule has 5 heteroatoms. The SMILES string of the molecule is Cc1cc(N)cc(C(=O)N2CCS(=O)CC2)c1. The number of nitrogens with zero attached hydrogens (tertiary/aromatic N) is 1. The number of rotatable bonds is 1. The molecule has 0 bridgehead atoms. The van der Waals surface area contributed by atoms with Crippen LogP contribution in [0, 0.1) is 6.92 Å². The molecule has 0 radical (unpaired) electrons. The summed E-state index contributed by atoms with van der Waals surface area (Å²) in [5.41, 5.74) is 7.94. The topological polar surface area (TPSA) is 63.4 Å². The van der Waals surface area contributed by atoms with Gasteiger partial charge in [-0.2, -0.15) is 0 Å². The molecule has 1 aromatic rings. The van der Waals surface area contributed by atoms with Gasteiger partial charge in [-0.15, -0.1) is 0 Å². The Morgan fingerprint density at radius 3 is 2.53 bits per heavy atom. The van der Waals surface area contributed by atoms with E-state index in [-0.39, 0.29) is 5.91 Å². The monoisotopic (exact) mass is 252 g/mol. The zero-order valence-electron chi connectivity index (χ0n) is 9.81. The van der Waals surface area contributed by atoms with Crippen LogP contribution in [0.5, 0.6) is 0 Å². The van der Waals surface area contributed by atoms with E-state index in [0.29, 0.717) is 35.8 Å². The first-order valence-electron chi connectivity index (χ1n) is 5.57. The largest absolute Gasteiger partial charge is 0.399 e. The van der Waals surface area contributed by atoms with Crippen molar-refractivity contribution in [2.45, 2.75) is 6.92 Å². The first kappa shape index (κ1) is 12.1. The second kappa shape index (κ2) is 4.87. The van der Waals surface area contributed by atoms with Gasteiger partial charge in [-0.1, -0.05) is 0 Å². The number of carbonyl (C=O) groups is 1. The fraction of sp³-hybridized carbons (Fsp3) is 0.417. The molecule has 0 spiro atoms. The van der Waals surface area contributed by atoms with Gasteiger partial charge in [-0.05, 0) is 30.7 Å². The van der Waals surface area contributed by atoms with Gasteiger partial charge in [0.2, 0.25) is 0 Å². The van der Waals surface area contributed by atoms with Crippen molar-refractivity contribution in [3.05, 3.63) is 29.3 Å². The van der Waals surface area contributed by atoms with Gasteiger partial charge in [0.15, 0.2) is 0 Å². The Labute approximate surface area is 103 Å². The molecule has 1 aliphatic heterocycles. The lowest BCUT2D eigenvalue weighted by molar-refractivity contribution is 0.0771. The summed E-state index contributed by atoms with van der Waals surface area (Å²) in [6, 6.07) is 5.37. The second-order valence-corrected chi connectivity index (χ2v) is 5.97. The van der Waals surface area contributed by atoms with Crippen LogP contribution in [-0.2, 0) is 10.8 Å². The van der Waals surface area contributed by atoms with E-state index in [0.717, 1.165) is 5.56 Å². The first-order valence-corrected chi connectivity index (χ1v) is 7.06. The zero-order valence-corrected chi connectivity index (χ0v) is 10.6. The summed E-state index contributed by atoms with van der Waals surface area (Å²) in [7, 11) is -0.761. The molecule has 4 nitrogen and oxygen atoms in total. The second-order valence-electron chi connectivity index (χ2n) is 4.27. The third kappa shape index (κ3) is 2.85. The highest BCUT2D eigenvalue weighted by molar-refractivity contribution is 7.85. The van der Waals surface area contributed by atoms with E-state index >= 15 is 0 Å². The number of nitrogen functional groups attached to an aromatic ring is 1. The number of nitrogens with two attached hydrogens (primary N) is 1. The summed E-state index contributed by atoms with van der Waals surface area (Å²) >= 11 is 0. The molecule has 92 valence electrons. The summed E-state index contributed by atoms with van der Waals surface area (Å²) in [6.07, 6.45) is 0. The van der Waals surface area contributed by atoms with Crippen molar-refractivity contribution in [2.24, 2.45) is 0 Å². The molecule has 1 saturated heterocycles. The Bertz CT molecular complexity index is 443. The Kier molecular flexibility index (Phi) is 3.47. The molecule has 1 heterocycles. The number of carbonyl (C=O) groups excluding carboxylic acids is 1. The molecule has 2 N–H and O–H groups in total. The molecular formula is C12H16N2O2S. The summed E-state index contributed by atoms with van der Waals surface area (Å²) in [5.74, 6) is 1.14. The van der Waals surface area contributed by atoms with E-state index in [9.17, 15) is 9.00 Å². The van der Waals surface area contributed by atoms with Crippen molar-refractivity contribution in [3.63, 3.8) is 0 Å². The molecule has 0 aromatic heterocycles. The van der Waals surface area contributed by atoms with E-state index in [1.54, 1.807) is 11.0 Å². The van der Waals surface area contributed by atoms with Crippen LogP contribution in [0.15, 0.2) is 18.2 Å². The molecule has 1 aromatic carbocycles. The van der Waals surface area contributed by atoms with Gasteiger partial charge in [0.05, 0.1) is 0 Å². The van der Waals surface area contributed by atoms with Crippen molar-refractivity contribution in [1.82, 2.24) is 4.90 Å². The highest BCUT2D eigenvalue weighted by Crippen LogP contribution is 2.14. The van der Waals surface area contributed by atoms with Gasteiger partial charge in [0, 0.05) is 46.6 Å². The van der Waals surface area contributed by atoms with Crippen molar-refractivity contribution in [3.8, 4) is 0 Å². The van der Waals surface area contributed by atoms with Crippen molar-refractivity contribution < 1.29 is 9.00 Å². The smallest absolute Gasteiger partial charge is 0.253 e. The molecule has 0 saturated carbocycles. The fourth-order valence-electron chi connectivity index (χ4n) is 1.96. The lowest BCUT2D eigenvalue weighted by Gasteiger charge is -2.26. The average Bonchev–Trinajstić information content (AvgIpc) is 2.28.